The van der Waals surface area contributed by atoms with E-state index in [1.165, 1.54) is 5.56 Å². The Hall–Kier alpha value is -2.18. The number of rotatable bonds is 7. The summed E-state index contributed by atoms with van der Waals surface area (Å²) in [4.78, 5) is 32.4. The fourth-order valence-corrected chi connectivity index (χ4v) is 3.84. The minimum absolute atomic E-state index is 0.132. The first-order valence-electron chi connectivity index (χ1n) is 10.00. The first kappa shape index (κ1) is 18.2. The van der Waals surface area contributed by atoms with E-state index in [4.69, 9.17) is 0 Å². The second-order valence-electron chi connectivity index (χ2n) is 7.71. The molecule has 0 unspecified atom stereocenters. The summed E-state index contributed by atoms with van der Waals surface area (Å²) in [5.41, 5.74) is 3.10. The van der Waals surface area contributed by atoms with Crippen molar-refractivity contribution >= 4 is 22.6 Å². The largest absolute Gasteiger partial charge is 0.360 e. The van der Waals surface area contributed by atoms with E-state index < -0.39 is 0 Å². The maximum Gasteiger partial charge on any atom is 0.234 e. The Bertz CT molecular complexity index is 832. The van der Waals surface area contributed by atoms with Crippen molar-refractivity contribution in [1.29, 1.82) is 0 Å². The average molecular weight is 368 g/mol. The molecule has 6 heteroatoms. The normalized spacial score (nSPS) is 18.7. The van der Waals surface area contributed by atoms with E-state index in [-0.39, 0.29) is 11.7 Å². The van der Waals surface area contributed by atoms with Crippen LogP contribution in [0.15, 0.2) is 24.4 Å². The van der Waals surface area contributed by atoms with Crippen molar-refractivity contribution in [2.75, 3.05) is 39.3 Å². The van der Waals surface area contributed by atoms with Gasteiger partial charge in [0.1, 0.15) is 0 Å². The van der Waals surface area contributed by atoms with Gasteiger partial charge in [0.2, 0.25) is 5.91 Å². The number of hydrogen-bond donors (Lipinski definition) is 2. The van der Waals surface area contributed by atoms with Crippen LogP contribution in [0, 0.1) is 0 Å². The number of aromatic nitrogens is 1. The van der Waals surface area contributed by atoms with Crippen LogP contribution in [0.5, 0.6) is 0 Å². The molecule has 144 valence electrons. The first-order valence-corrected chi connectivity index (χ1v) is 10.00. The molecule has 2 aromatic rings. The van der Waals surface area contributed by atoms with Crippen LogP contribution in [0.25, 0.3) is 10.9 Å². The number of hydrogen-bond acceptors (Lipinski definition) is 4. The molecule has 2 fully saturated rings. The van der Waals surface area contributed by atoms with Gasteiger partial charge in [0.05, 0.1) is 13.1 Å². The number of Topliss-reactive ketones (excluding diaryl/α,β-unsaturated/α-hetero) is 1. The van der Waals surface area contributed by atoms with Crippen LogP contribution in [0.1, 0.15) is 35.7 Å². The number of para-hydroxylation sites is 1. The molecule has 2 aliphatic rings. The summed E-state index contributed by atoms with van der Waals surface area (Å²) < 4.78 is 0. The smallest absolute Gasteiger partial charge is 0.234 e. The number of nitrogens with zero attached hydrogens (tertiary/aromatic N) is 2. The van der Waals surface area contributed by atoms with Gasteiger partial charge in [0.15, 0.2) is 5.78 Å². The molecule has 0 radical (unpaired) electrons. The highest BCUT2D eigenvalue weighted by Gasteiger charge is 2.26. The van der Waals surface area contributed by atoms with E-state index in [0.717, 1.165) is 61.9 Å². The Morgan fingerprint density at radius 2 is 1.81 bits per heavy atom. The summed E-state index contributed by atoms with van der Waals surface area (Å²) in [5, 5.41) is 4.06. The zero-order valence-electron chi connectivity index (χ0n) is 16.0. The Balaban J connectivity index is 1.31. The molecule has 2 N–H and O–H groups in total. The zero-order valence-corrected chi connectivity index (χ0v) is 16.0. The summed E-state index contributed by atoms with van der Waals surface area (Å²) in [5.74, 6) is 0.293. The van der Waals surface area contributed by atoms with Crippen molar-refractivity contribution in [3.63, 3.8) is 0 Å². The Morgan fingerprint density at radius 3 is 2.48 bits per heavy atom. The Labute approximate surface area is 159 Å². The summed E-state index contributed by atoms with van der Waals surface area (Å²) in [6.07, 6.45) is 5.04. The number of aromatic amines is 1. The van der Waals surface area contributed by atoms with E-state index in [2.05, 4.69) is 33.1 Å². The number of benzene rings is 1. The number of H-pyrrole nitrogens is 1. The minimum atomic E-state index is 0.132. The van der Waals surface area contributed by atoms with Gasteiger partial charge in [-0.25, -0.2) is 0 Å². The third kappa shape index (κ3) is 4.22. The van der Waals surface area contributed by atoms with Crippen LogP contribution in [0.2, 0.25) is 0 Å². The van der Waals surface area contributed by atoms with Crippen molar-refractivity contribution in [2.24, 2.45) is 0 Å². The Kier molecular flexibility index (Phi) is 5.27. The number of nitrogens with one attached hydrogen (secondary N) is 2. The van der Waals surface area contributed by atoms with Crippen LogP contribution < -0.4 is 5.32 Å². The topological polar surface area (TPSA) is 68.4 Å². The molecule has 1 aliphatic heterocycles. The van der Waals surface area contributed by atoms with E-state index >= 15 is 0 Å². The van der Waals surface area contributed by atoms with Gasteiger partial charge >= 0.3 is 0 Å². The van der Waals surface area contributed by atoms with E-state index in [0.29, 0.717) is 19.1 Å². The van der Waals surface area contributed by atoms with Gasteiger partial charge in [-0.05, 0) is 24.8 Å². The minimum Gasteiger partial charge on any atom is -0.360 e. The van der Waals surface area contributed by atoms with Gasteiger partial charge in [0.25, 0.3) is 0 Å². The molecule has 1 aliphatic carbocycles. The lowest BCUT2D eigenvalue weighted by Gasteiger charge is -2.33. The SMILES string of the molecule is CCc1cccc2c(C(=O)CN3CCN(CC(=O)NC4CC4)CC3)c[nH]c12. The quantitative estimate of drug-likeness (QED) is 0.732. The maximum atomic E-state index is 12.8. The van der Waals surface area contributed by atoms with Crippen LogP contribution in [-0.2, 0) is 11.2 Å². The highest BCUT2D eigenvalue weighted by Crippen LogP contribution is 2.23. The summed E-state index contributed by atoms with van der Waals surface area (Å²) in [6, 6.07) is 6.57. The molecule has 0 spiro atoms. The summed E-state index contributed by atoms with van der Waals surface area (Å²) in [6.45, 7) is 6.35. The van der Waals surface area contributed by atoms with E-state index in [1.54, 1.807) is 0 Å². The molecule has 1 saturated heterocycles. The number of carbonyl (C=O) groups is 2. The summed E-state index contributed by atoms with van der Waals surface area (Å²) in [7, 11) is 0. The lowest BCUT2D eigenvalue weighted by Crippen LogP contribution is -2.50. The number of ketones is 1. The fraction of sp³-hybridized carbons (Fsp3) is 0.524. The van der Waals surface area contributed by atoms with Crippen LogP contribution >= 0.6 is 0 Å². The molecule has 27 heavy (non-hydrogen) atoms. The second-order valence-corrected chi connectivity index (χ2v) is 7.71. The molecular formula is C21H28N4O2. The van der Waals surface area contributed by atoms with Crippen molar-refractivity contribution in [1.82, 2.24) is 20.1 Å². The van der Waals surface area contributed by atoms with Gasteiger partial charge in [-0.1, -0.05) is 25.1 Å². The second kappa shape index (κ2) is 7.82. The average Bonchev–Trinajstić information content (AvgIpc) is 3.37. The standard InChI is InChI=1S/C21H28N4O2/c1-2-15-4-3-5-17-18(12-22-21(15)17)19(26)13-24-8-10-25(11-9-24)14-20(27)23-16-6-7-16/h3-5,12,16,22H,2,6-11,13-14H2,1H3,(H,23,27). The predicted octanol–water partition coefficient (Wildman–Crippen LogP) is 1.81. The van der Waals surface area contributed by atoms with Crippen molar-refractivity contribution in [3.05, 3.63) is 35.5 Å². The number of fused-ring (bicyclic) bond motifs is 1. The van der Waals surface area contributed by atoms with Gasteiger partial charge < -0.3 is 10.3 Å². The van der Waals surface area contributed by atoms with E-state index in [9.17, 15) is 9.59 Å². The maximum absolute atomic E-state index is 12.8. The lowest BCUT2D eigenvalue weighted by molar-refractivity contribution is -0.122. The highest BCUT2D eigenvalue weighted by atomic mass is 16.2. The Morgan fingerprint density at radius 1 is 1.11 bits per heavy atom. The van der Waals surface area contributed by atoms with Crippen LogP contribution in [0.4, 0.5) is 0 Å². The highest BCUT2D eigenvalue weighted by molar-refractivity contribution is 6.09. The molecule has 1 aromatic heterocycles. The zero-order chi connectivity index (χ0) is 18.8. The van der Waals surface area contributed by atoms with Crippen LogP contribution in [-0.4, -0.2) is 71.8 Å². The van der Waals surface area contributed by atoms with Crippen molar-refractivity contribution < 1.29 is 9.59 Å². The lowest BCUT2D eigenvalue weighted by atomic mass is 10.0. The molecule has 1 aromatic carbocycles. The molecule has 0 atom stereocenters. The van der Waals surface area contributed by atoms with Crippen molar-refractivity contribution in [3.8, 4) is 0 Å². The number of piperazine rings is 1. The first-order chi connectivity index (χ1) is 13.1. The molecule has 6 nitrogen and oxygen atoms in total. The number of amides is 1. The predicted molar refractivity (Wildman–Crippen MR) is 106 cm³/mol. The third-order valence-electron chi connectivity index (χ3n) is 5.62. The van der Waals surface area contributed by atoms with Gasteiger partial charge in [-0.3, -0.25) is 19.4 Å². The third-order valence-corrected chi connectivity index (χ3v) is 5.62. The molecule has 2 heterocycles. The summed E-state index contributed by atoms with van der Waals surface area (Å²) >= 11 is 0. The molecule has 4 rings (SSSR count). The van der Waals surface area contributed by atoms with Gasteiger partial charge in [-0.15, -0.1) is 0 Å². The molecule has 0 bridgehead atoms. The van der Waals surface area contributed by atoms with Crippen LogP contribution in [0.3, 0.4) is 0 Å². The van der Waals surface area contributed by atoms with Crippen molar-refractivity contribution in [2.45, 2.75) is 32.2 Å². The van der Waals surface area contributed by atoms with Gasteiger partial charge in [0, 0.05) is 54.9 Å². The van der Waals surface area contributed by atoms with E-state index in [1.807, 2.05) is 18.3 Å². The molecular weight excluding hydrogens is 340 g/mol. The fourth-order valence-electron chi connectivity index (χ4n) is 3.84. The number of carbonyl (C=O) groups excluding carboxylic acids is 2. The monoisotopic (exact) mass is 368 g/mol. The molecule has 1 saturated carbocycles. The number of aryl methyl sites for hydroxylation is 1. The van der Waals surface area contributed by atoms with Gasteiger partial charge in [-0.2, -0.15) is 0 Å². The molecule has 1 amide bonds.